The zero-order chi connectivity index (χ0) is 20.5. The monoisotopic (exact) mass is 402 g/mol. The Morgan fingerprint density at radius 2 is 1.61 bits per heavy atom. The minimum absolute atomic E-state index is 0.0192. The lowest BCUT2D eigenvalue weighted by Gasteiger charge is -2.09. The summed E-state index contributed by atoms with van der Waals surface area (Å²) in [6.45, 7) is 1.63. The number of imide groups is 1. The van der Waals surface area contributed by atoms with Crippen LogP contribution in [0, 0.1) is 0 Å². The van der Waals surface area contributed by atoms with Crippen molar-refractivity contribution in [2.45, 2.75) is 13.3 Å². The molecule has 0 saturated carbocycles. The Kier molecular flexibility index (Phi) is 7.71. The van der Waals surface area contributed by atoms with Crippen LogP contribution in [-0.4, -0.2) is 36.8 Å². The van der Waals surface area contributed by atoms with Crippen molar-refractivity contribution in [1.29, 1.82) is 0 Å². The number of carbonyl (C=O) groups is 4. The number of carbonyl (C=O) groups excluding carboxylic acids is 4. The van der Waals surface area contributed by atoms with Gasteiger partial charge in [-0.3, -0.25) is 14.9 Å². The van der Waals surface area contributed by atoms with Crippen molar-refractivity contribution in [3.05, 3.63) is 70.2 Å². The molecule has 3 amide bonds. The number of rotatable bonds is 7. The summed E-state index contributed by atoms with van der Waals surface area (Å²) in [5.74, 6) is -2.00. The summed E-state index contributed by atoms with van der Waals surface area (Å²) in [5.41, 5.74) is 0.511. The molecule has 2 aromatic rings. The van der Waals surface area contributed by atoms with Crippen molar-refractivity contribution < 1.29 is 23.9 Å². The van der Waals surface area contributed by atoms with E-state index in [9.17, 15) is 19.2 Å². The molecule has 2 rings (SSSR count). The molecule has 0 aliphatic carbocycles. The quantitative estimate of drug-likeness (QED) is 0.547. The summed E-state index contributed by atoms with van der Waals surface area (Å²) in [7, 11) is 0. The number of amides is 3. The van der Waals surface area contributed by atoms with Crippen LogP contribution < -0.4 is 10.6 Å². The van der Waals surface area contributed by atoms with Gasteiger partial charge >= 0.3 is 12.0 Å². The number of benzene rings is 2. The Morgan fingerprint density at radius 1 is 0.964 bits per heavy atom. The van der Waals surface area contributed by atoms with Crippen LogP contribution in [0.4, 0.5) is 4.79 Å². The third-order valence-corrected chi connectivity index (χ3v) is 3.87. The van der Waals surface area contributed by atoms with E-state index in [2.05, 4.69) is 5.32 Å². The van der Waals surface area contributed by atoms with E-state index in [0.717, 1.165) is 6.42 Å². The Hall–Kier alpha value is -3.19. The van der Waals surface area contributed by atoms with Gasteiger partial charge in [0.15, 0.2) is 12.4 Å². The fraction of sp³-hybridized carbons (Fsp3) is 0.200. The molecule has 0 unspecified atom stereocenters. The maximum atomic E-state index is 12.7. The predicted molar refractivity (Wildman–Crippen MR) is 103 cm³/mol. The Bertz CT molecular complexity index is 880. The van der Waals surface area contributed by atoms with Crippen LogP contribution in [0.3, 0.4) is 0 Å². The number of ketones is 1. The van der Waals surface area contributed by atoms with Gasteiger partial charge in [0.2, 0.25) is 0 Å². The standard InChI is InChI=1S/C20H19ClN2O5/c1-2-11-22-20(27)23-17(24)12-28-19(26)16-6-4-3-5-15(16)18(25)13-7-9-14(21)10-8-13/h3-10H,2,11-12H2,1H3,(H2,22,23,24,27). The molecule has 0 aliphatic heterocycles. The highest BCUT2D eigenvalue weighted by atomic mass is 35.5. The lowest BCUT2D eigenvalue weighted by Crippen LogP contribution is -2.41. The fourth-order valence-corrected chi connectivity index (χ4v) is 2.40. The average Bonchev–Trinajstić information content (AvgIpc) is 2.70. The number of urea groups is 1. The van der Waals surface area contributed by atoms with Gasteiger partial charge in [-0.25, -0.2) is 9.59 Å². The second kappa shape index (κ2) is 10.2. The molecule has 0 saturated heterocycles. The van der Waals surface area contributed by atoms with Gasteiger partial charge in [0.25, 0.3) is 5.91 Å². The van der Waals surface area contributed by atoms with Gasteiger partial charge in [0.1, 0.15) is 0 Å². The van der Waals surface area contributed by atoms with E-state index in [-0.39, 0.29) is 16.9 Å². The van der Waals surface area contributed by atoms with Gasteiger partial charge in [0.05, 0.1) is 5.56 Å². The van der Waals surface area contributed by atoms with Crippen LogP contribution in [-0.2, 0) is 9.53 Å². The smallest absolute Gasteiger partial charge is 0.339 e. The molecule has 2 N–H and O–H groups in total. The molecule has 0 spiro atoms. The van der Waals surface area contributed by atoms with Crippen molar-refractivity contribution in [1.82, 2.24) is 10.6 Å². The summed E-state index contributed by atoms with van der Waals surface area (Å²) in [4.78, 5) is 48.1. The zero-order valence-electron chi connectivity index (χ0n) is 15.2. The molecule has 146 valence electrons. The van der Waals surface area contributed by atoms with Gasteiger partial charge in [-0.1, -0.05) is 36.7 Å². The molecule has 0 fully saturated rings. The van der Waals surface area contributed by atoms with E-state index in [1.807, 2.05) is 12.2 Å². The Balaban J connectivity index is 2.04. The lowest BCUT2D eigenvalue weighted by molar-refractivity contribution is -0.123. The summed E-state index contributed by atoms with van der Waals surface area (Å²) < 4.78 is 4.94. The van der Waals surface area contributed by atoms with Crippen molar-refractivity contribution in [3.63, 3.8) is 0 Å². The van der Waals surface area contributed by atoms with E-state index >= 15 is 0 Å². The number of hydrogen-bond acceptors (Lipinski definition) is 5. The molecule has 0 heterocycles. The minimum atomic E-state index is -0.845. The Morgan fingerprint density at radius 3 is 2.25 bits per heavy atom. The molecular formula is C20H19ClN2O5. The predicted octanol–water partition coefficient (Wildman–Crippen LogP) is 2.96. The molecule has 0 bridgehead atoms. The number of esters is 1. The van der Waals surface area contributed by atoms with Crippen LogP contribution >= 0.6 is 11.6 Å². The first-order valence-corrected chi connectivity index (χ1v) is 8.94. The van der Waals surface area contributed by atoms with Crippen LogP contribution in [0.2, 0.25) is 5.02 Å². The van der Waals surface area contributed by atoms with Gasteiger partial charge < -0.3 is 10.1 Å². The summed E-state index contributed by atoms with van der Waals surface area (Å²) in [6.07, 6.45) is 0.717. The largest absolute Gasteiger partial charge is 0.452 e. The van der Waals surface area contributed by atoms with Gasteiger partial charge in [-0.2, -0.15) is 0 Å². The molecule has 0 aliphatic rings. The molecule has 0 radical (unpaired) electrons. The summed E-state index contributed by atoms with van der Waals surface area (Å²) >= 11 is 5.83. The highest BCUT2D eigenvalue weighted by Gasteiger charge is 2.20. The third kappa shape index (κ3) is 5.92. The second-order valence-corrected chi connectivity index (χ2v) is 6.20. The Labute approximate surface area is 167 Å². The molecule has 0 atom stereocenters. The maximum absolute atomic E-state index is 12.7. The first kappa shape index (κ1) is 21.1. The van der Waals surface area contributed by atoms with Crippen molar-refractivity contribution >= 4 is 35.3 Å². The van der Waals surface area contributed by atoms with Gasteiger partial charge in [-0.15, -0.1) is 0 Å². The fourth-order valence-electron chi connectivity index (χ4n) is 2.27. The molecular weight excluding hydrogens is 384 g/mol. The topological polar surface area (TPSA) is 102 Å². The lowest BCUT2D eigenvalue weighted by atomic mass is 9.98. The number of ether oxygens (including phenoxy) is 1. The second-order valence-electron chi connectivity index (χ2n) is 5.76. The maximum Gasteiger partial charge on any atom is 0.339 e. The van der Waals surface area contributed by atoms with E-state index in [4.69, 9.17) is 16.3 Å². The van der Waals surface area contributed by atoms with Crippen molar-refractivity contribution in [2.75, 3.05) is 13.2 Å². The highest BCUT2D eigenvalue weighted by Crippen LogP contribution is 2.17. The molecule has 0 aromatic heterocycles. The number of hydrogen-bond donors (Lipinski definition) is 2. The first-order chi connectivity index (χ1) is 13.4. The average molecular weight is 403 g/mol. The molecule has 7 nitrogen and oxygen atoms in total. The number of halogens is 1. The summed E-state index contributed by atoms with van der Waals surface area (Å²) in [5, 5.41) is 4.99. The minimum Gasteiger partial charge on any atom is -0.452 e. The number of nitrogens with one attached hydrogen (secondary N) is 2. The SMILES string of the molecule is CCCNC(=O)NC(=O)COC(=O)c1ccccc1C(=O)c1ccc(Cl)cc1. The van der Waals surface area contributed by atoms with Crippen LogP contribution in [0.25, 0.3) is 0 Å². The van der Waals surface area contributed by atoms with Gasteiger partial charge in [0, 0.05) is 22.7 Å². The molecule has 8 heteroatoms. The third-order valence-electron chi connectivity index (χ3n) is 3.62. The summed E-state index contributed by atoms with van der Waals surface area (Å²) in [6, 6.07) is 11.7. The van der Waals surface area contributed by atoms with E-state index in [1.165, 1.54) is 12.1 Å². The van der Waals surface area contributed by atoms with Crippen molar-refractivity contribution in [2.24, 2.45) is 0 Å². The van der Waals surface area contributed by atoms with Crippen LogP contribution in [0.5, 0.6) is 0 Å². The van der Waals surface area contributed by atoms with Gasteiger partial charge in [-0.05, 0) is 36.8 Å². The van der Waals surface area contributed by atoms with Crippen LogP contribution in [0.1, 0.15) is 39.6 Å². The van der Waals surface area contributed by atoms with Crippen LogP contribution in [0.15, 0.2) is 48.5 Å². The zero-order valence-corrected chi connectivity index (χ0v) is 15.9. The van der Waals surface area contributed by atoms with Crippen molar-refractivity contribution in [3.8, 4) is 0 Å². The molecule has 28 heavy (non-hydrogen) atoms. The van der Waals surface area contributed by atoms with E-state index < -0.39 is 24.5 Å². The van der Waals surface area contributed by atoms with E-state index in [0.29, 0.717) is 17.1 Å². The highest BCUT2D eigenvalue weighted by molar-refractivity contribution is 6.30. The van der Waals surface area contributed by atoms with E-state index in [1.54, 1.807) is 36.4 Å². The first-order valence-electron chi connectivity index (χ1n) is 8.56. The molecule has 2 aromatic carbocycles. The normalized spacial score (nSPS) is 10.1.